The van der Waals surface area contributed by atoms with Gasteiger partial charge in [-0.15, -0.1) is 0 Å². The summed E-state index contributed by atoms with van der Waals surface area (Å²) in [6.45, 7) is 0. The Balaban J connectivity index is 1.57. The van der Waals surface area contributed by atoms with Gasteiger partial charge in [0.2, 0.25) is 0 Å². The molecule has 2 saturated heterocycles. The lowest BCUT2D eigenvalue weighted by molar-refractivity contribution is 0.0287. The van der Waals surface area contributed by atoms with Crippen molar-refractivity contribution in [2.75, 3.05) is 7.11 Å². The van der Waals surface area contributed by atoms with Crippen molar-refractivity contribution < 1.29 is 14.6 Å². The van der Waals surface area contributed by atoms with Gasteiger partial charge in [0.1, 0.15) is 5.75 Å². The first-order chi connectivity index (χ1) is 12.2. The fraction of sp³-hybridized carbons (Fsp3) is 0.400. The number of ether oxygens (including phenoxy) is 1. The van der Waals surface area contributed by atoms with Crippen LogP contribution in [0.3, 0.4) is 0 Å². The van der Waals surface area contributed by atoms with Crippen LogP contribution in [0.4, 0.5) is 0 Å². The zero-order valence-corrected chi connectivity index (χ0v) is 14.3. The maximum Gasteiger partial charge on any atom is 0.254 e. The minimum Gasteiger partial charge on any atom is -0.494 e. The first-order valence-corrected chi connectivity index (χ1v) is 8.76. The topological polar surface area (TPSA) is 62.7 Å². The van der Waals surface area contributed by atoms with Crippen molar-refractivity contribution in [3.8, 4) is 16.9 Å². The third kappa shape index (κ3) is 2.89. The van der Waals surface area contributed by atoms with Gasteiger partial charge in [0.05, 0.1) is 19.4 Å². The van der Waals surface area contributed by atoms with E-state index in [1.165, 1.54) is 0 Å². The van der Waals surface area contributed by atoms with Gasteiger partial charge in [0, 0.05) is 29.4 Å². The number of aliphatic hydroxyl groups is 1. The summed E-state index contributed by atoms with van der Waals surface area (Å²) >= 11 is 0. The molecule has 130 valence electrons. The normalized spacial score (nSPS) is 25.0. The highest BCUT2D eigenvalue weighted by molar-refractivity contribution is 5.95. The van der Waals surface area contributed by atoms with E-state index in [9.17, 15) is 9.90 Å². The standard InChI is InChI=1S/C20H22N2O3/c1-25-19-12-21-9-8-18(19)13-2-4-14(5-3-13)20(24)22-15-6-7-16(22)11-17(23)10-15/h2-5,8-9,12,15-17,23H,6-7,10-11H2,1H3/t15-,16+,17?. The van der Waals surface area contributed by atoms with Gasteiger partial charge in [-0.3, -0.25) is 9.78 Å². The lowest BCUT2D eigenvalue weighted by atomic mass is 9.98. The van der Waals surface area contributed by atoms with Crippen molar-refractivity contribution in [3.05, 3.63) is 48.3 Å². The van der Waals surface area contributed by atoms with Crippen molar-refractivity contribution in [3.63, 3.8) is 0 Å². The van der Waals surface area contributed by atoms with Crippen molar-refractivity contribution in [1.29, 1.82) is 0 Å². The van der Waals surface area contributed by atoms with E-state index in [4.69, 9.17) is 4.74 Å². The van der Waals surface area contributed by atoms with Crippen molar-refractivity contribution >= 4 is 5.91 Å². The molecule has 0 aliphatic carbocycles. The zero-order chi connectivity index (χ0) is 17.4. The van der Waals surface area contributed by atoms with Gasteiger partial charge in [-0.05, 0) is 49.4 Å². The van der Waals surface area contributed by atoms with Crippen LogP contribution in [0.15, 0.2) is 42.7 Å². The van der Waals surface area contributed by atoms with Gasteiger partial charge in [0.15, 0.2) is 0 Å². The number of methoxy groups -OCH3 is 1. The molecule has 2 aliphatic rings. The number of carbonyl (C=O) groups is 1. The molecule has 1 aromatic heterocycles. The molecule has 0 spiro atoms. The quantitative estimate of drug-likeness (QED) is 0.935. The number of hydrogen-bond donors (Lipinski definition) is 1. The molecule has 1 amide bonds. The van der Waals surface area contributed by atoms with E-state index in [1.807, 2.05) is 35.2 Å². The fourth-order valence-corrected chi connectivity index (χ4v) is 4.20. The number of rotatable bonds is 3. The van der Waals surface area contributed by atoms with Crippen LogP contribution in [0, 0.1) is 0 Å². The van der Waals surface area contributed by atoms with E-state index in [2.05, 4.69) is 4.98 Å². The Morgan fingerprint density at radius 1 is 1.16 bits per heavy atom. The molecule has 5 nitrogen and oxygen atoms in total. The Kier molecular flexibility index (Phi) is 4.17. The highest BCUT2D eigenvalue weighted by Crippen LogP contribution is 2.37. The molecule has 3 heterocycles. The summed E-state index contributed by atoms with van der Waals surface area (Å²) in [7, 11) is 1.62. The molecule has 5 heteroatoms. The van der Waals surface area contributed by atoms with Crippen LogP contribution in [0.5, 0.6) is 5.75 Å². The second-order valence-corrected chi connectivity index (χ2v) is 6.88. The number of piperidine rings is 1. The molecule has 3 atom stereocenters. The Hall–Kier alpha value is -2.40. The molecule has 2 aliphatic heterocycles. The highest BCUT2D eigenvalue weighted by atomic mass is 16.5. The van der Waals surface area contributed by atoms with Crippen LogP contribution in [-0.4, -0.2) is 46.2 Å². The number of hydrogen-bond acceptors (Lipinski definition) is 4. The van der Waals surface area contributed by atoms with E-state index >= 15 is 0 Å². The second-order valence-electron chi connectivity index (χ2n) is 6.88. The predicted molar refractivity (Wildman–Crippen MR) is 94.4 cm³/mol. The number of nitrogens with zero attached hydrogens (tertiary/aromatic N) is 2. The molecule has 1 unspecified atom stereocenters. The molecule has 25 heavy (non-hydrogen) atoms. The van der Waals surface area contributed by atoms with Gasteiger partial charge in [-0.25, -0.2) is 0 Å². The minimum atomic E-state index is -0.261. The molecule has 4 rings (SSSR count). The largest absolute Gasteiger partial charge is 0.494 e. The minimum absolute atomic E-state index is 0.0765. The van der Waals surface area contributed by atoms with E-state index < -0.39 is 0 Å². The number of amides is 1. The summed E-state index contributed by atoms with van der Waals surface area (Å²) < 4.78 is 5.36. The number of fused-ring (bicyclic) bond motifs is 2. The van der Waals surface area contributed by atoms with Crippen molar-refractivity contribution in [2.24, 2.45) is 0 Å². The molecule has 2 aromatic rings. The first-order valence-electron chi connectivity index (χ1n) is 8.76. The molecule has 0 radical (unpaired) electrons. The van der Waals surface area contributed by atoms with Crippen LogP contribution in [0.25, 0.3) is 11.1 Å². The van der Waals surface area contributed by atoms with Crippen LogP contribution in [-0.2, 0) is 0 Å². The second kappa shape index (κ2) is 6.48. The SMILES string of the molecule is COc1cnccc1-c1ccc(C(=O)N2[C@@H]3CC[C@H]2CC(O)C3)cc1. The molecular formula is C20H22N2O3. The van der Waals surface area contributed by atoms with Crippen LogP contribution >= 0.6 is 0 Å². The van der Waals surface area contributed by atoms with E-state index in [1.54, 1.807) is 19.5 Å². The number of carbonyl (C=O) groups excluding carboxylic acids is 1. The van der Waals surface area contributed by atoms with Crippen LogP contribution in [0.1, 0.15) is 36.0 Å². The van der Waals surface area contributed by atoms with Gasteiger partial charge in [0.25, 0.3) is 5.91 Å². The van der Waals surface area contributed by atoms with Gasteiger partial charge in [-0.2, -0.15) is 0 Å². The molecular weight excluding hydrogens is 316 g/mol. The Morgan fingerprint density at radius 3 is 2.48 bits per heavy atom. The summed E-state index contributed by atoms with van der Waals surface area (Å²) in [6.07, 6.45) is 6.56. The van der Waals surface area contributed by atoms with Gasteiger partial charge >= 0.3 is 0 Å². The molecule has 2 bridgehead atoms. The molecule has 1 N–H and O–H groups in total. The summed E-state index contributed by atoms with van der Waals surface area (Å²) in [5, 5.41) is 9.92. The third-order valence-corrected chi connectivity index (χ3v) is 5.39. The summed E-state index contributed by atoms with van der Waals surface area (Å²) in [4.78, 5) is 19.0. The van der Waals surface area contributed by atoms with Crippen LogP contribution < -0.4 is 4.74 Å². The first kappa shape index (κ1) is 16.1. The van der Waals surface area contributed by atoms with E-state index in [0.29, 0.717) is 24.2 Å². The molecule has 2 fully saturated rings. The highest BCUT2D eigenvalue weighted by Gasteiger charge is 2.42. The summed E-state index contributed by atoms with van der Waals surface area (Å²) in [6, 6.07) is 9.92. The summed E-state index contributed by atoms with van der Waals surface area (Å²) in [5.41, 5.74) is 2.65. The Labute approximate surface area is 147 Å². The smallest absolute Gasteiger partial charge is 0.254 e. The van der Waals surface area contributed by atoms with Gasteiger partial charge in [-0.1, -0.05) is 12.1 Å². The van der Waals surface area contributed by atoms with Crippen molar-refractivity contribution in [1.82, 2.24) is 9.88 Å². The molecule has 1 aromatic carbocycles. The number of pyridine rings is 1. The number of aliphatic hydroxyl groups excluding tert-OH is 1. The van der Waals surface area contributed by atoms with Crippen molar-refractivity contribution in [2.45, 2.75) is 43.9 Å². The average molecular weight is 338 g/mol. The van der Waals surface area contributed by atoms with E-state index in [-0.39, 0.29) is 24.1 Å². The lowest BCUT2D eigenvalue weighted by Gasteiger charge is -2.37. The predicted octanol–water partition coefficient (Wildman–Crippen LogP) is 2.89. The van der Waals surface area contributed by atoms with Gasteiger partial charge < -0.3 is 14.7 Å². The Morgan fingerprint density at radius 2 is 1.84 bits per heavy atom. The fourth-order valence-electron chi connectivity index (χ4n) is 4.20. The van der Waals surface area contributed by atoms with E-state index in [0.717, 1.165) is 24.0 Å². The third-order valence-electron chi connectivity index (χ3n) is 5.39. The maximum atomic E-state index is 12.9. The monoisotopic (exact) mass is 338 g/mol. The number of aromatic nitrogens is 1. The Bertz CT molecular complexity index is 761. The summed E-state index contributed by atoms with van der Waals surface area (Å²) in [5.74, 6) is 0.789. The van der Waals surface area contributed by atoms with Crippen LogP contribution in [0.2, 0.25) is 0 Å². The molecule has 0 saturated carbocycles. The lowest BCUT2D eigenvalue weighted by Crippen LogP contribution is -2.47. The number of benzene rings is 1. The zero-order valence-electron chi connectivity index (χ0n) is 14.3. The maximum absolute atomic E-state index is 12.9. The average Bonchev–Trinajstić information content (AvgIpc) is 2.92.